The summed E-state index contributed by atoms with van der Waals surface area (Å²) in [4.78, 5) is 21.1. The minimum atomic E-state index is -4.53. The molecule has 6 nitrogen and oxygen atoms in total. The number of pyridine rings is 1. The summed E-state index contributed by atoms with van der Waals surface area (Å²) in [7, 11) is 1.47. The Kier molecular flexibility index (Phi) is 5.62. The number of nitrogens with zero attached hydrogens (tertiary/aromatic N) is 2. The molecule has 1 N–H and O–H groups in total. The topological polar surface area (TPSA) is 77.3 Å². The van der Waals surface area contributed by atoms with Crippen LogP contribution >= 0.6 is 11.6 Å². The highest BCUT2D eigenvalue weighted by Gasteiger charge is 2.32. The number of rotatable bonds is 4. The molecule has 1 unspecified atom stereocenters. The number of halogens is 4. The van der Waals surface area contributed by atoms with E-state index < -0.39 is 23.7 Å². The average Bonchev–Trinajstić information content (AvgIpc) is 3.19. The van der Waals surface area contributed by atoms with Gasteiger partial charge in [0.25, 0.3) is 5.91 Å². The molecule has 4 rings (SSSR count). The average molecular weight is 452 g/mol. The smallest absolute Gasteiger partial charge is 0.416 e. The number of fused-ring (bicyclic) bond motifs is 1. The Labute approximate surface area is 180 Å². The van der Waals surface area contributed by atoms with Crippen LogP contribution in [0.1, 0.15) is 46.3 Å². The first kappa shape index (κ1) is 21.2. The molecule has 0 radical (unpaired) electrons. The Bertz CT molecular complexity index is 1130. The number of aromatic nitrogens is 2. The van der Waals surface area contributed by atoms with Gasteiger partial charge in [0.15, 0.2) is 0 Å². The number of ether oxygens (including phenoxy) is 1. The molecule has 1 aliphatic rings. The van der Waals surface area contributed by atoms with E-state index in [4.69, 9.17) is 20.8 Å². The number of hydrogen-bond acceptors (Lipinski definition) is 5. The number of oxazole rings is 1. The number of benzene rings is 1. The summed E-state index contributed by atoms with van der Waals surface area (Å²) in [5, 5.41) is 3.09. The molecule has 1 aromatic carbocycles. The third-order valence-corrected chi connectivity index (χ3v) is 5.28. The Morgan fingerprint density at radius 1 is 1.32 bits per heavy atom. The summed E-state index contributed by atoms with van der Waals surface area (Å²) in [6, 6.07) is 5.36. The number of hydrogen-bond donors (Lipinski definition) is 1. The van der Waals surface area contributed by atoms with Crippen LogP contribution in [-0.2, 0) is 12.6 Å². The van der Waals surface area contributed by atoms with Crippen LogP contribution in [0.15, 0.2) is 40.9 Å². The van der Waals surface area contributed by atoms with Gasteiger partial charge in [-0.1, -0.05) is 17.7 Å². The van der Waals surface area contributed by atoms with Gasteiger partial charge in [-0.05, 0) is 37.5 Å². The molecule has 1 amide bonds. The summed E-state index contributed by atoms with van der Waals surface area (Å²) in [6.45, 7) is 0. The molecule has 0 saturated heterocycles. The number of aryl methyl sites for hydroxylation is 1. The van der Waals surface area contributed by atoms with E-state index in [-0.39, 0.29) is 11.5 Å². The zero-order valence-electron chi connectivity index (χ0n) is 16.3. The van der Waals surface area contributed by atoms with Crippen molar-refractivity contribution in [2.45, 2.75) is 31.5 Å². The normalized spacial score (nSPS) is 16.0. The van der Waals surface area contributed by atoms with Gasteiger partial charge in [-0.3, -0.25) is 4.79 Å². The van der Waals surface area contributed by atoms with Crippen molar-refractivity contribution >= 4 is 17.5 Å². The summed E-state index contributed by atoms with van der Waals surface area (Å²) in [5.74, 6) is 0.444. The first-order chi connectivity index (χ1) is 14.8. The van der Waals surface area contributed by atoms with E-state index in [1.807, 2.05) is 0 Å². The highest BCUT2D eigenvalue weighted by molar-refractivity contribution is 6.33. The van der Waals surface area contributed by atoms with Gasteiger partial charge < -0.3 is 14.5 Å². The summed E-state index contributed by atoms with van der Waals surface area (Å²) in [6.07, 6.45) is -1.15. The van der Waals surface area contributed by atoms with Crippen molar-refractivity contribution in [2.75, 3.05) is 7.11 Å². The molecule has 0 fully saturated rings. The fourth-order valence-corrected chi connectivity index (χ4v) is 3.63. The van der Waals surface area contributed by atoms with E-state index in [0.717, 1.165) is 18.6 Å². The van der Waals surface area contributed by atoms with Crippen LogP contribution in [-0.4, -0.2) is 23.0 Å². The highest BCUT2D eigenvalue weighted by atomic mass is 35.5. The predicted molar refractivity (Wildman–Crippen MR) is 106 cm³/mol. The van der Waals surface area contributed by atoms with E-state index in [1.165, 1.54) is 25.4 Å². The quantitative estimate of drug-likeness (QED) is 0.588. The van der Waals surface area contributed by atoms with Crippen LogP contribution in [0.5, 0.6) is 5.88 Å². The van der Waals surface area contributed by atoms with Crippen molar-refractivity contribution in [3.05, 3.63) is 64.1 Å². The molecule has 2 aromatic heterocycles. The lowest BCUT2D eigenvalue weighted by molar-refractivity contribution is -0.137. The van der Waals surface area contributed by atoms with Crippen LogP contribution < -0.4 is 10.1 Å². The summed E-state index contributed by atoms with van der Waals surface area (Å²) < 4.78 is 49.9. The van der Waals surface area contributed by atoms with Crippen LogP contribution in [0, 0.1) is 0 Å². The lowest BCUT2D eigenvalue weighted by Gasteiger charge is -2.21. The second kappa shape index (κ2) is 8.22. The van der Waals surface area contributed by atoms with Crippen molar-refractivity contribution in [3.63, 3.8) is 0 Å². The van der Waals surface area contributed by atoms with Crippen molar-refractivity contribution in [3.8, 4) is 17.3 Å². The van der Waals surface area contributed by atoms with Gasteiger partial charge in [0.05, 0.1) is 41.2 Å². The molecule has 10 heteroatoms. The van der Waals surface area contributed by atoms with Crippen LogP contribution in [0.4, 0.5) is 13.2 Å². The van der Waals surface area contributed by atoms with Crippen molar-refractivity contribution in [1.29, 1.82) is 0 Å². The molecule has 31 heavy (non-hydrogen) atoms. The third-order valence-electron chi connectivity index (χ3n) is 4.98. The van der Waals surface area contributed by atoms with Crippen molar-refractivity contribution in [1.82, 2.24) is 15.3 Å². The lowest BCUT2D eigenvalue weighted by Crippen LogP contribution is -2.30. The Hall–Kier alpha value is -3.07. The van der Waals surface area contributed by atoms with Crippen molar-refractivity contribution in [2.24, 2.45) is 0 Å². The number of alkyl halides is 3. The number of amides is 1. The second-order valence-electron chi connectivity index (χ2n) is 7.03. The molecule has 0 aliphatic heterocycles. The van der Waals surface area contributed by atoms with E-state index in [1.54, 1.807) is 6.07 Å². The molecule has 1 aliphatic carbocycles. The van der Waals surface area contributed by atoms with Gasteiger partial charge in [-0.15, -0.1) is 0 Å². The fourth-order valence-electron chi connectivity index (χ4n) is 3.45. The number of carbonyl (C=O) groups excluding carboxylic acids is 1. The van der Waals surface area contributed by atoms with Crippen LogP contribution in [0.3, 0.4) is 0 Å². The molecule has 1 atom stereocenters. The standard InChI is InChI=1S/C21H17ClF3N3O3/c1-30-17-9-13(14(22)10-26-17)20-28-16-7-3-6-15(18(16)31-20)27-19(29)11-4-2-5-12(8-11)21(23,24)25/h2,4-5,8-10,15H,3,6-7H2,1H3,(H,27,29). The zero-order valence-corrected chi connectivity index (χ0v) is 17.0. The summed E-state index contributed by atoms with van der Waals surface area (Å²) in [5.41, 5.74) is 0.199. The first-order valence-corrected chi connectivity index (χ1v) is 9.81. The molecule has 3 aromatic rings. The molecular weight excluding hydrogens is 435 g/mol. The number of carbonyl (C=O) groups is 1. The molecule has 0 spiro atoms. The van der Waals surface area contributed by atoms with Gasteiger partial charge in [-0.25, -0.2) is 9.97 Å². The summed E-state index contributed by atoms with van der Waals surface area (Å²) >= 11 is 6.22. The third kappa shape index (κ3) is 4.36. The first-order valence-electron chi connectivity index (χ1n) is 9.44. The van der Waals surface area contributed by atoms with Gasteiger partial charge in [-0.2, -0.15) is 13.2 Å². The Balaban J connectivity index is 1.60. The van der Waals surface area contributed by atoms with Crippen LogP contribution in [0.25, 0.3) is 11.5 Å². The maximum absolute atomic E-state index is 13.0. The maximum atomic E-state index is 13.0. The highest BCUT2D eigenvalue weighted by Crippen LogP contribution is 2.37. The van der Waals surface area contributed by atoms with Crippen LogP contribution in [0.2, 0.25) is 5.02 Å². The molecule has 0 saturated carbocycles. The molecule has 162 valence electrons. The Morgan fingerprint density at radius 2 is 2.13 bits per heavy atom. The largest absolute Gasteiger partial charge is 0.481 e. The minimum absolute atomic E-state index is 0.0800. The fraction of sp³-hybridized carbons (Fsp3) is 0.286. The van der Waals surface area contributed by atoms with Crippen molar-refractivity contribution < 1.29 is 27.1 Å². The lowest BCUT2D eigenvalue weighted by atomic mass is 9.96. The molecule has 2 heterocycles. The van der Waals surface area contributed by atoms with Gasteiger partial charge >= 0.3 is 6.18 Å². The maximum Gasteiger partial charge on any atom is 0.416 e. The van der Waals surface area contributed by atoms with E-state index in [9.17, 15) is 18.0 Å². The molecular formula is C21H17ClF3N3O3. The monoisotopic (exact) mass is 451 g/mol. The number of methoxy groups -OCH3 is 1. The van der Waals surface area contributed by atoms with E-state index in [2.05, 4.69) is 15.3 Å². The SMILES string of the molecule is COc1cc(-c2nc3c(o2)C(NC(=O)c2cccc(C(F)(F)F)c2)CCC3)c(Cl)cn1. The van der Waals surface area contributed by atoms with E-state index >= 15 is 0 Å². The van der Waals surface area contributed by atoms with E-state index in [0.29, 0.717) is 40.8 Å². The second-order valence-corrected chi connectivity index (χ2v) is 7.44. The number of nitrogens with one attached hydrogen (secondary N) is 1. The predicted octanol–water partition coefficient (Wildman–Crippen LogP) is 5.22. The minimum Gasteiger partial charge on any atom is -0.481 e. The Morgan fingerprint density at radius 3 is 2.87 bits per heavy atom. The van der Waals surface area contributed by atoms with Gasteiger partial charge in [0.1, 0.15) is 5.76 Å². The zero-order chi connectivity index (χ0) is 22.2. The molecule has 0 bridgehead atoms. The van der Waals surface area contributed by atoms with Gasteiger partial charge in [0, 0.05) is 11.6 Å². The van der Waals surface area contributed by atoms with Gasteiger partial charge in [0.2, 0.25) is 11.8 Å².